The van der Waals surface area contributed by atoms with Gasteiger partial charge in [-0.3, -0.25) is 4.57 Å². The zero-order chi connectivity index (χ0) is 35.3. The van der Waals surface area contributed by atoms with Crippen LogP contribution >= 0.6 is 0 Å². The number of nitrogens with zero attached hydrogens (tertiary/aromatic N) is 2. The molecule has 0 amide bonds. The van der Waals surface area contributed by atoms with Crippen molar-refractivity contribution in [1.82, 2.24) is 9.55 Å². The van der Waals surface area contributed by atoms with Crippen LogP contribution in [0.3, 0.4) is 0 Å². The van der Waals surface area contributed by atoms with E-state index in [1.807, 2.05) is 0 Å². The first-order chi connectivity index (χ1) is 26.2. The van der Waals surface area contributed by atoms with E-state index in [0.29, 0.717) is 0 Å². The first-order valence-corrected chi connectivity index (χ1v) is 18.4. The lowest BCUT2D eigenvalue weighted by Gasteiger charge is -2.20. The number of hydrogen-bond donors (Lipinski definition) is 0. The van der Waals surface area contributed by atoms with E-state index < -0.39 is 0 Å². The molecule has 1 heterocycles. The van der Waals surface area contributed by atoms with Crippen molar-refractivity contribution in [2.45, 2.75) is 13.3 Å². The second-order valence-electron chi connectivity index (χ2n) is 13.8. The zero-order valence-corrected chi connectivity index (χ0v) is 29.5. The van der Waals surface area contributed by atoms with Crippen LogP contribution in [0.4, 0.5) is 0 Å². The Balaban J connectivity index is 1.23. The molecule has 0 fully saturated rings. The maximum atomic E-state index is 4.95. The van der Waals surface area contributed by atoms with Gasteiger partial charge in [0.1, 0.15) is 5.82 Å². The molecule has 2 heteroatoms. The number of rotatable bonds is 6. The normalized spacial score (nSPS) is 11.6. The van der Waals surface area contributed by atoms with Gasteiger partial charge >= 0.3 is 0 Å². The van der Waals surface area contributed by atoms with Crippen LogP contribution in [0.1, 0.15) is 12.7 Å². The molecule has 0 saturated carbocycles. The topological polar surface area (TPSA) is 17.8 Å². The second kappa shape index (κ2) is 12.8. The lowest BCUT2D eigenvalue weighted by atomic mass is 9.83. The molecule has 0 unspecified atom stereocenters. The smallest absolute Gasteiger partial charge is 0.114 e. The molecule has 1 aromatic heterocycles. The Labute approximate surface area is 309 Å². The summed E-state index contributed by atoms with van der Waals surface area (Å²) in [7, 11) is 0. The fourth-order valence-electron chi connectivity index (χ4n) is 8.28. The molecule has 0 atom stereocenters. The fourth-order valence-corrected chi connectivity index (χ4v) is 8.28. The van der Waals surface area contributed by atoms with Crippen molar-refractivity contribution in [3.8, 4) is 50.2 Å². The second-order valence-corrected chi connectivity index (χ2v) is 13.8. The van der Waals surface area contributed by atoms with E-state index >= 15 is 0 Å². The molecule has 0 bridgehead atoms. The minimum atomic E-state index is 0.858. The maximum absolute atomic E-state index is 4.95. The molecule has 10 rings (SSSR count). The van der Waals surface area contributed by atoms with Crippen molar-refractivity contribution >= 4 is 43.4 Å². The Morgan fingerprint density at radius 1 is 0.415 bits per heavy atom. The van der Waals surface area contributed by atoms with E-state index in [2.05, 4.69) is 200 Å². The van der Waals surface area contributed by atoms with Gasteiger partial charge < -0.3 is 0 Å². The zero-order valence-electron chi connectivity index (χ0n) is 29.5. The summed E-state index contributed by atoms with van der Waals surface area (Å²) in [6.07, 6.45) is 0.858. The SMILES string of the molecule is CCc1nc2ccccc2n1-c1ccc(-c2c3ccccc3c(-c3cccc4cc(-c5ccccc5)ccc34)c3ccc(-c4ccccc4)cc23)cc1. The first kappa shape index (κ1) is 31.0. The third kappa shape index (κ3) is 5.22. The van der Waals surface area contributed by atoms with Crippen molar-refractivity contribution < 1.29 is 0 Å². The molecule has 0 aliphatic heterocycles. The summed E-state index contributed by atoms with van der Waals surface area (Å²) in [6, 6.07) is 68.5. The summed E-state index contributed by atoms with van der Waals surface area (Å²) < 4.78 is 2.30. The minimum Gasteiger partial charge on any atom is -0.296 e. The summed E-state index contributed by atoms with van der Waals surface area (Å²) in [5.74, 6) is 1.07. The highest BCUT2D eigenvalue weighted by molar-refractivity contribution is 6.24. The van der Waals surface area contributed by atoms with E-state index in [9.17, 15) is 0 Å². The summed E-state index contributed by atoms with van der Waals surface area (Å²) >= 11 is 0. The van der Waals surface area contributed by atoms with Crippen LogP contribution in [0.2, 0.25) is 0 Å². The number of aryl methyl sites for hydroxylation is 1. The third-order valence-electron chi connectivity index (χ3n) is 10.7. The van der Waals surface area contributed by atoms with Gasteiger partial charge in [0.2, 0.25) is 0 Å². The Bertz CT molecular complexity index is 2960. The lowest BCUT2D eigenvalue weighted by molar-refractivity contribution is 0.908. The number of fused-ring (bicyclic) bond motifs is 4. The Morgan fingerprint density at radius 2 is 1.00 bits per heavy atom. The summed E-state index contributed by atoms with van der Waals surface area (Å²) in [4.78, 5) is 4.95. The van der Waals surface area contributed by atoms with Crippen molar-refractivity contribution in [2.75, 3.05) is 0 Å². The van der Waals surface area contributed by atoms with Gasteiger partial charge in [0, 0.05) is 12.1 Å². The molecule has 0 spiro atoms. The van der Waals surface area contributed by atoms with E-state index in [4.69, 9.17) is 4.98 Å². The van der Waals surface area contributed by atoms with Crippen molar-refractivity contribution in [2.24, 2.45) is 0 Å². The van der Waals surface area contributed by atoms with Gasteiger partial charge in [0.25, 0.3) is 0 Å². The van der Waals surface area contributed by atoms with E-state index in [0.717, 1.165) is 29.0 Å². The van der Waals surface area contributed by atoms with Crippen molar-refractivity contribution in [3.63, 3.8) is 0 Å². The lowest BCUT2D eigenvalue weighted by Crippen LogP contribution is -2.00. The average Bonchev–Trinajstić information content (AvgIpc) is 3.62. The van der Waals surface area contributed by atoms with E-state index in [-0.39, 0.29) is 0 Å². The van der Waals surface area contributed by atoms with Gasteiger partial charge in [0.15, 0.2) is 0 Å². The number of hydrogen-bond acceptors (Lipinski definition) is 1. The molecular weight excluding hydrogens is 641 g/mol. The minimum absolute atomic E-state index is 0.858. The molecule has 0 radical (unpaired) electrons. The van der Waals surface area contributed by atoms with Gasteiger partial charge in [-0.15, -0.1) is 0 Å². The standard InChI is InChI=1S/C51H36N2/c1-2-49-52-47-22-11-12-23-48(47)53(49)40-28-24-36(25-29-40)50-43-19-9-10-20-44(43)51(45-31-27-38(33-46(45)50)35-16-7-4-8-17-35)42-21-13-18-39-32-37(26-30-41(39)42)34-14-5-3-6-15-34/h3-33H,2H2,1H3. The predicted molar refractivity (Wildman–Crippen MR) is 225 cm³/mol. The molecule has 9 aromatic carbocycles. The van der Waals surface area contributed by atoms with Crippen LogP contribution in [0.5, 0.6) is 0 Å². The van der Waals surface area contributed by atoms with Crippen LogP contribution in [0, 0.1) is 0 Å². The molecule has 0 aliphatic rings. The molecule has 53 heavy (non-hydrogen) atoms. The molecule has 2 nitrogen and oxygen atoms in total. The van der Waals surface area contributed by atoms with Crippen LogP contribution in [-0.2, 0) is 6.42 Å². The van der Waals surface area contributed by atoms with E-state index in [1.165, 1.54) is 76.8 Å². The Hall–Kier alpha value is -6.77. The number of benzene rings is 9. The molecule has 250 valence electrons. The highest BCUT2D eigenvalue weighted by atomic mass is 15.1. The van der Waals surface area contributed by atoms with Crippen LogP contribution in [0.15, 0.2) is 188 Å². The molecule has 0 N–H and O–H groups in total. The van der Waals surface area contributed by atoms with Crippen molar-refractivity contribution in [1.29, 1.82) is 0 Å². The monoisotopic (exact) mass is 676 g/mol. The molecular formula is C51H36N2. The third-order valence-corrected chi connectivity index (χ3v) is 10.7. The summed E-state index contributed by atoms with van der Waals surface area (Å²) in [6.45, 7) is 2.17. The highest BCUT2D eigenvalue weighted by Gasteiger charge is 2.20. The van der Waals surface area contributed by atoms with E-state index in [1.54, 1.807) is 0 Å². The largest absolute Gasteiger partial charge is 0.296 e. The number of para-hydroxylation sites is 2. The number of aromatic nitrogens is 2. The number of imidazole rings is 1. The summed E-state index contributed by atoms with van der Waals surface area (Å²) in [5.41, 5.74) is 13.1. The van der Waals surface area contributed by atoms with Gasteiger partial charge in [0.05, 0.1) is 11.0 Å². The summed E-state index contributed by atoms with van der Waals surface area (Å²) in [5, 5.41) is 7.47. The molecule has 10 aromatic rings. The van der Waals surface area contributed by atoms with Crippen molar-refractivity contribution in [3.05, 3.63) is 194 Å². The van der Waals surface area contributed by atoms with Gasteiger partial charge in [-0.1, -0.05) is 159 Å². The van der Waals surface area contributed by atoms with Gasteiger partial charge in [-0.25, -0.2) is 4.98 Å². The fraction of sp³-hybridized carbons (Fsp3) is 0.0392. The first-order valence-electron chi connectivity index (χ1n) is 18.4. The maximum Gasteiger partial charge on any atom is 0.114 e. The molecule has 0 saturated heterocycles. The van der Waals surface area contributed by atoms with Crippen LogP contribution in [-0.4, -0.2) is 9.55 Å². The molecule has 0 aliphatic carbocycles. The predicted octanol–water partition coefficient (Wildman–Crippen LogP) is 13.7. The van der Waals surface area contributed by atoms with Gasteiger partial charge in [-0.2, -0.15) is 0 Å². The highest BCUT2D eigenvalue weighted by Crippen LogP contribution is 2.46. The van der Waals surface area contributed by atoms with Crippen LogP contribution < -0.4 is 0 Å². The van der Waals surface area contributed by atoms with Gasteiger partial charge in [-0.05, 0) is 113 Å². The quantitative estimate of drug-likeness (QED) is 0.160. The Morgan fingerprint density at radius 3 is 1.72 bits per heavy atom. The van der Waals surface area contributed by atoms with Crippen LogP contribution in [0.25, 0.3) is 93.5 Å². The Kier molecular flexibility index (Phi) is 7.47. The average molecular weight is 677 g/mol.